The number of halogens is 1. The number of nitrogens with zero attached hydrogens (tertiary/aromatic N) is 2. The van der Waals surface area contributed by atoms with Gasteiger partial charge < -0.3 is 10.4 Å². The molecule has 0 bridgehead atoms. The van der Waals surface area contributed by atoms with Crippen molar-refractivity contribution in [2.45, 2.75) is 13.2 Å². The Morgan fingerprint density at radius 2 is 2.12 bits per heavy atom. The van der Waals surface area contributed by atoms with Crippen molar-refractivity contribution < 1.29 is 5.11 Å². The van der Waals surface area contributed by atoms with E-state index in [0.717, 1.165) is 20.2 Å². The van der Waals surface area contributed by atoms with E-state index in [1.54, 1.807) is 0 Å². The van der Waals surface area contributed by atoms with Crippen LogP contribution in [-0.2, 0) is 13.2 Å². The van der Waals surface area contributed by atoms with Crippen LogP contribution in [0.3, 0.4) is 0 Å². The molecule has 0 unspecified atom stereocenters. The lowest BCUT2D eigenvalue weighted by Gasteiger charge is -2.03. The monoisotopic (exact) mass is 299 g/mol. The first-order valence-corrected chi connectivity index (χ1v) is 6.30. The van der Waals surface area contributed by atoms with Crippen molar-refractivity contribution >= 4 is 32.4 Å². The topological polar surface area (TPSA) is 58.0 Å². The van der Waals surface area contributed by atoms with Gasteiger partial charge in [-0.1, -0.05) is 35.6 Å². The number of benzene rings is 1. The number of rotatable bonds is 4. The van der Waals surface area contributed by atoms with Gasteiger partial charge in [-0.3, -0.25) is 0 Å². The molecule has 0 aliphatic heterocycles. The minimum Gasteiger partial charge on any atom is -0.392 e. The van der Waals surface area contributed by atoms with E-state index in [0.29, 0.717) is 6.54 Å². The zero-order valence-electron chi connectivity index (χ0n) is 8.35. The van der Waals surface area contributed by atoms with Gasteiger partial charge in [-0.2, -0.15) is 0 Å². The molecule has 0 aliphatic carbocycles. The summed E-state index contributed by atoms with van der Waals surface area (Å²) in [6.45, 7) is 0.744. The number of aromatic nitrogens is 2. The summed E-state index contributed by atoms with van der Waals surface area (Å²) in [5, 5.41) is 20.7. The Hall–Kier alpha value is -0.980. The quantitative estimate of drug-likeness (QED) is 0.910. The molecule has 1 heterocycles. The maximum atomic E-state index is 9.00. The maximum Gasteiger partial charge on any atom is 0.206 e. The highest BCUT2D eigenvalue weighted by molar-refractivity contribution is 9.11. The predicted octanol–water partition coefficient (Wildman–Crippen LogP) is 2.40. The molecule has 1 aromatic carbocycles. The molecular weight excluding hydrogens is 290 g/mol. The molecule has 1 aromatic heterocycles. The first-order valence-electron chi connectivity index (χ1n) is 4.69. The lowest BCUT2D eigenvalue weighted by atomic mass is 10.1. The average molecular weight is 300 g/mol. The van der Waals surface area contributed by atoms with Gasteiger partial charge in [0.1, 0.15) is 0 Å². The fourth-order valence-corrected chi connectivity index (χ4v) is 2.30. The minimum absolute atomic E-state index is 0.0677. The van der Waals surface area contributed by atoms with Gasteiger partial charge in [-0.25, -0.2) is 0 Å². The van der Waals surface area contributed by atoms with Gasteiger partial charge >= 0.3 is 0 Å². The SMILES string of the molecule is OCc1cccc(CNc2nnc(Br)s2)c1. The van der Waals surface area contributed by atoms with E-state index in [4.69, 9.17) is 5.11 Å². The first-order chi connectivity index (χ1) is 7.78. The fourth-order valence-electron chi connectivity index (χ4n) is 1.29. The number of anilines is 1. The van der Waals surface area contributed by atoms with E-state index in [9.17, 15) is 0 Å². The molecule has 2 aromatic rings. The van der Waals surface area contributed by atoms with Crippen molar-refractivity contribution in [2.24, 2.45) is 0 Å². The summed E-state index contributed by atoms with van der Waals surface area (Å²) in [6, 6.07) is 7.79. The Bertz CT molecular complexity index is 475. The van der Waals surface area contributed by atoms with Crippen molar-refractivity contribution in [1.82, 2.24) is 10.2 Å². The zero-order valence-corrected chi connectivity index (χ0v) is 10.8. The molecule has 6 heteroatoms. The molecule has 2 N–H and O–H groups in total. The van der Waals surface area contributed by atoms with Gasteiger partial charge in [-0.15, -0.1) is 10.2 Å². The summed E-state index contributed by atoms with van der Waals surface area (Å²) >= 11 is 4.70. The summed E-state index contributed by atoms with van der Waals surface area (Å²) in [6.07, 6.45) is 0. The van der Waals surface area contributed by atoms with Crippen LogP contribution in [0.1, 0.15) is 11.1 Å². The molecule has 0 spiro atoms. The highest BCUT2D eigenvalue weighted by atomic mass is 79.9. The smallest absolute Gasteiger partial charge is 0.206 e. The normalized spacial score (nSPS) is 10.4. The molecule has 84 valence electrons. The van der Waals surface area contributed by atoms with Crippen LogP contribution in [0.2, 0.25) is 0 Å². The molecule has 0 saturated heterocycles. The zero-order chi connectivity index (χ0) is 11.4. The molecule has 0 amide bonds. The van der Waals surface area contributed by atoms with Crippen LogP contribution in [0.5, 0.6) is 0 Å². The number of hydrogen-bond donors (Lipinski definition) is 2. The molecule has 16 heavy (non-hydrogen) atoms. The van der Waals surface area contributed by atoms with Crippen LogP contribution in [0.4, 0.5) is 5.13 Å². The highest BCUT2D eigenvalue weighted by Gasteiger charge is 2.00. The third kappa shape index (κ3) is 3.01. The van der Waals surface area contributed by atoms with Gasteiger partial charge in [0.05, 0.1) is 6.61 Å². The lowest BCUT2D eigenvalue weighted by molar-refractivity contribution is 0.281. The minimum atomic E-state index is 0.0677. The van der Waals surface area contributed by atoms with Crippen molar-refractivity contribution in [2.75, 3.05) is 5.32 Å². The Morgan fingerprint density at radius 3 is 2.81 bits per heavy atom. The van der Waals surface area contributed by atoms with Gasteiger partial charge in [-0.05, 0) is 27.1 Å². The van der Waals surface area contributed by atoms with Gasteiger partial charge in [0, 0.05) is 6.54 Å². The number of hydrogen-bond acceptors (Lipinski definition) is 5. The van der Waals surface area contributed by atoms with Gasteiger partial charge in [0.15, 0.2) is 3.92 Å². The van der Waals surface area contributed by atoms with E-state index in [2.05, 4.69) is 31.4 Å². The van der Waals surface area contributed by atoms with Crippen molar-refractivity contribution in [3.05, 3.63) is 39.3 Å². The number of aliphatic hydroxyl groups is 1. The van der Waals surface area contributed by atoms with E-state index in [1.807, 2.05) is 24.3 Å². The second-order valence-electron chi connectivity index (χ2n) is 3.19. The van der Waals surface area contributed by atoms with E-state index < -0.39 is 0 Å². The number of aliphatic hydroxyl groups excluding tert-OH is 1. The standard InChI is InChI=1S/C10H10BrN3OS/c11-9-13-14-10(16-9)12-5-7-2-1-3-8(4-7)6-15/h1-4,15H,5-6H2,(H,12,14). The highest BCUT2D eigenvalue weighted by Crippen LogP contribution is 2.20. The Morgan fingerprint density at radius 1 is 1.31 bits per heavy atom. The molecular formula is C10H10BrN3OS. The maximum absolute atomic E-state index is 9.00. The third-order valence-electron chi connectivity index (χ3n) is 2.02. The molecule has 0 radical (unpaired) electrons. The van der Waals surface area contributed by atoms with E-state index in [1.165, 1.54) is 11.3 Å². The fraction of sp³-hybridized carbons (Fsp3) is 0.200. The number of nitrogens with one attached hydrogen (secondary N) is 1. The average Bonchev–Trinajstić information content (AvgIpc) is 2.73. The largest absolute Gasteiger partial charge is 0.392 e. The van der Waals surface area contributed by atoms with Crippen LogP contribution in [-0.4, -0.2) is 15.3 Å². The van der Waals surface area contributed by atoms with Gasteiger partial charge in [0.25, 0.3) is 0 Å². The summed E-state index contributed by atoms with van der Waals surface area (Å²) in [5.41, 5.74) is 2.02. The summed E-state index contributed by atoms with van der Waals surface area (Å²) in [4.78, 5) is 0. The van der Waals surface area contributed by atoms with E-state index in [-0.39, 0.29) is 6.61 Å². The van der Waals surface area contributed by atoms with Crippen LogP contribution >= 0.6 is 27.3 Å². The molecule has 0 saturated carbocycles. The summed E-state index contributed by atoms with van der Waals surface area (Å²) in [5.74, 6) is 0. The first kappa shape index (κ1) is 11.5. The summed E-state index contributed by atoms with van der Waals surface area (Å²) in [7, 11) is 0. The molecule has 0 fully saturated rings. The molecule has 0 atom stereocenters. The van der Waals surface area contributed by atoms with Crippen molar-refractivity contribution in [3.8, 4) is 0 Å². The Kier molecular flexibility index (Phi) is 3.87. The van der Waals surface area contributed by atoms with Crippen molar-refractivity contribution in [1.29, 1.82) is 0 Å². The predicted molar refractivity (Wildman–Crippen MR) is 67.3 cm³/mol. The van der Waals surface area contributed by atoms with Crippen molar-refractivity contribution in [3.63, 3.8) is 0 Å². The third-order valence-corrected chi connectivity index (χ3v) is 3.33. The molecule has 4 nitrogen and oxygen atoms in total. The summed E-state index contributed by atoms with van der Waals surface area (Å²) < 4.78 is 0.763. The van der Waals surface area contributed by atoms with Crippen LogP contribution < -0.4 is 5.32 Å². The Balaban J connectivity index is 1.99. The lowest BCUT2D eigenvalue weighted by Crippen LogP contribution is -1.99. The van der Waals surface area contributed by atoms with E-state index >= 15 is 0 Å². The second-order valence-corrected chi connectivity index (χ2v) is 5.45. The molecule has 2 rings (SSSR count). The Labute approximate surface area is 105 Å². The molecule has 0 aliphatic rings. The van der Waals surface area contributed by atoms with Crippen LogP contribution in [0.15, 0.2) is 28.2 Å². The van der Waals surface area contributed by atoms with Crippen LogP contribution in [0, 0.1) is 0 Å². The van der Waals surface area contributed by atoms with Gasteiger partial charge in [0.2, 0.25) is 5.13 Å². The second kappa shape index (κ2) is 5.38. The van der Waals surface area contributed by atoms with Crippen LogP contribution in [0.25, 0.3) is 0 Å².